The Morgan fingerprint density at radius 3 is 2.70 bits per heavy atom. The number of rotatable bonds is 12. The van der Waals surface area contributed by atoms with Crippen molar-refractivity contribution in [2.75, 3.05) is 13.1 Å². The third-order valence-electron chi connectivity index (χ3n) is 5.84. The zero-order chi connectivity index (χ0) is 25.5. The molecule has 0 aliphatic carbocycles. The molecular weight excluding hydrogens is 477 g/mol. The van der Waals surface area contributed by atoms with Crippen LogP contribution < -0.4 is 10.6 Å². The second-order valence-electron chi connectivity index (χ2n) is 8.34. The normalized spacial score (nSPS) is 11.3. The van der Waals surface area contributed by atoms with Crippen LogP contribution in [0.1, 0.15) is 33.8 Å². The molecule has 11 heteroatoms. The number of carbonyl (C=O) groups is 1. The minimum atomic E-state index is -0.472. The van der Waals surface area contributed by atoms with Gasteiger partial charge in [0, 0.05) is 45.1 Å². The largest absolute Gasteiger partial charge is 0.449 e. The standard InChI is InChI=1S/C26H26FN7O3/c27-18-4-3-10-29-20(18)16-31-26(35)21-17-37-25(33-21)8-12-28-11-7-23-32-19-5-1-2-6-22(19)34(23)14-9-24-30-13-15-36-24/h1-6,10,13,15,17,28H,7-9,11-12,14,16H2,(H,31,35). The molecule has 0 radical (unpaired) electrons. The van der Waals surface area contributed by atoms with Gasteiger partial charge >= 0.3 is 0 Å². The number of hydrogen-bond acceptors (Lipinski definition) is 8. The summed E-state index contributed by atoms with van der Waals surface area (Å²) in [6, 6.07) is 10.9. The summed E-state index contributed by atoms with van der Waals surface area (Å²) in [6.45, 7) is 2.03. The first-order chi connectivity index (χ1) is 18.2. The third-order valence-corrected chi connectivity index (χ3v) is 5.84. The van der Waals surface area contributed by atoms with Gasteiger partial charge in [0.15, 0.2) is 17.5 Å². The highest BCUT2D eigenvalue weighted by Crippen LogP contribution is 2.17. The summed E-state index contributed by atoms with van der Waals surface area (Å²) in [4.78, 5) is 29.4. The summed E-state index contributed by atoms with van der Waals surface area (Å²) in [5.74, 6) is 1.21. The molecule has 4 aromatic heterocycles. The van der Waals surface area contributed by atoms with Gasteiger partial charge < -0.3 is 24.0 Å². The number of imidazole rings is 1. The van der Waals surface area contributed by atoms with Crippen molar-refractivity contribution in [2.24, 2.45) is 0 Å². The topological polar surface area (TPSA) is 124 Å². The van der Waals surface area contributed by atoms with Crippen LogP contribution in [-0.2, 0) is 32.4 Å². The molecule has 1 amide bonds. The van der Waals surface area contributed by atoms with E-state index in [1.54, 1.807) is 12.5 Å². The van der Waals surface area contributed by atoms with E-state index in [4.69, 9.17) is 13.8 Å². The quantitative estimate of drug-likeness (QED) is 0.249. The van der Waals surface area contributed by atoms with Crippen LogP contribution in [0.25, 0.3) is 11.0 Å². The Morgan fingerprint density at radius 2 is 1.84 bits per heavy atom. The van der Waals surface area contributed by atoms with Crippen LogP contribution in [-0.4, -0.2) is 43.5 Å². The summed E-state index contributed by atoms with van der Waals surface area (Å²) >= 11 is 0. The molecule has 0 aliphatic heterocycles. The van der Waals surface area contributed by atoms with Crippen molar-refractivity contribution in [1.29, 1.82) is 0 Å². The van der Waals surface area contributed by atoms with E-state index in [0.717, 1.165) is 29.8 Å². The highest BCUT2D eigenvalue weighted by atomic mass is 19.1. The van der Waals surface area contributed by atoms with Crippen molar-refractivity contribution < 1.29 is 18.0 Å². The monoisotopic (exact) mass is 503 g/mol. The fourth-order valence-corrected chi connectivity index (χ4v) is 4.00. The fourth-order valence-electron chi connectivity index (χ4n) is 4.00. The fraction of sp³-hybridized carbons (Fsp3) is 0.269. The van der Waals surface area contributed by atoms with Crippen molar-refractivity contribution in [3.05, 3.63) is 96.1 Å². The van der Waals surface area contributed by atoms with Crippen LogP contribution in [0.5, 0.6) is 0 Å². The van der Waals surface area contributed by atoms with E-state index in [1.165, 1.54) is 24.6 Å². The van der Waals surface area contributed by atoms with Gasteiger partial charge in [-0.15, -0.1) is 0 Å². The highest BCUT2D eigenvalue weighted by Gasteiger charge is 2.14. The molecule has 0 atom stereocenters. The average Bonchev–Trinajstić information content (AvgIpc) is 3.67. The lowest BCUT2D eigenvalue weighted by Crippen LogP contribution is -2.24. The number of benzene rings is 1. The zero-order valence-corrected chi connectivity index (χ0v) is 20.1. The Morgan fingerprint density at radius 1 is 0.946 bits per heavy atom. The Hall–Kier alpha value is -4.38. The number of aryl methyl sites for hydroxylation is 2. The maximum absolute atomic E-state index is 13.7. The van der Waals surface area contributed by atoms with Crippen molar-refractivity contribution in [3.63, 3.8) is 0 Å². The molecule has 1 aromatic carbocycles. The van der Waals surface area contributed by atoms with E-state index >= 15 is 0 Å². The molecule has 0 fully saturated rings. The molecular formula is C26H26FN7O3. The second kappa shape index (κ2) is 11.6. The highest BCUT2D eigenvalue weighted by molar-refractivity contribution is 5.91. The first-order valence-corrected chi connectivity index (χ1v) is 12.0. The molecule has 5 rings (SSSR count). The number of halogens is 1. The van der Waals surface area contributed by atoms with Gasteiger partial charge in [0.2, 0.25) is 0 Å². The molecule has 0 aliphatic rings. The van der Waals surface area contributed by atoms with Crippen molar-refractivity contribution in [1.82, 2.24) is 35.1 Å². The number of fused-ring (bicyclic) bond motifs is 1. The molecule has 0 saturated carbocycles. The molecule has 10 nitrogen and oxygen atoms in total. The van der Waals surface area contributed by atoms with Gasteiger partial charge in [0.05, 0.1) is 29.5 Å². The molecule has 2 N–H and O–H groups in total. The summed E-state index contributed by atoms with van der Waals surface area (Å²) in [5, 5.41) is 5.98. The lowest BCUT2D eigenvalue weighted by Gasteiger charge is -2.09. The molecule has 0 unspecified atom stereocenters. The van der Waals surface area contributed by atoms with Gasteiger partial charge in [-0.05, 0) is 24.3 Å². The first-order valence-electron chi connectivity index (χ1n) is 12.0. The Bertz CT molecular complexity index is 1460. The molecule has 0 spiro atoms. The summed E-state index contributed by atoms with van der Waals surface area (Å²) < 4.78 is 26.7. The predicted molar refractivity (Wildman–Crippen MR) is 132 cm³/mol. The average molecular weight is 504 g/mol. The smallest absolute Gasteiger partial charge is 0.273 e. The number of carbonyl (C=O) groups excluding carboxylic acids is 1. The maximum Gasteiger partial charge on any atom is 0.273 e. The van der Waals surface area contributed by atoms with E-state index < -0.39 is 11.7 Å². The molecule has 0 saturated heterocycles. The van der Waals surface area contributed by atoms with Gasteiger partial charge in [-0.25, -0.2) is 19.3 Å². The van der Waals surface area contributed by atoms with Gasteiger partial charge in [0.1, 0.15) is 24.2 Å². The van der Waals surface area contributed by atoms with E-state index in [2.05, 4.69) is 36.2 Å². The first kappa shape index (κ1) is 24.3. The van der Waals surface area contributed by atoms with Crippen LogP contribution in [0, 0.1) is 5.82 Å². The molecule has 190 valence electrons. The van der Waals surface area contributed by atoms with Crippen LogP contribution in [0.4, 0.5) is 4.39 Å². The van der Waals surface area contributed by atoms with Crippen molar-refractivity contribution >= 4 is 16.9 Å². The van der Waals surface area contributed by atoms with Crippen LogP contribution >= 0.6 is 0 Å². The number of para-hydroxylation sites is 2. The minimum absolute atomic E-state index is 0.0297. The van der Waals surface area contributed by atoms with E-state index in [9.17, 15) is 9.18 Å². The maximum atomic E-state index is 13.7. The third kappa shape index (κ3) is 6.07. The number of pyridine rings is 1. The van der Waals surface area contributed by atoms with Crippen LogP contribution in [0.2, 0.25) is 0 Å². The molecule has 5 aromatic rings. The predicted octanol–water partition coefficient (Wildman–Crippen LogP) is 3.09. The van der Waals surface area contributed by atoms with Gasteiger partial charge in [-0.3, -0.25) is 9.78 Å². The number of hydrogen-bond donors (Lipinski definition) is 2. The summed E-state index contributed by atoms with van der Waals surface area (Å²) in [6.07, 6.45) is 7.95. The van der Waals surface area contributed by atoms with Crippen molar-refractivity contribution in [3.8, 4) is 0 Å². The van der Waals surface area contributed by atoms with Gasteiger partial charge in [-0.1, -0.05) is 12.1 Å². The lowest BCUT2D eigenvalue weighted by atomic mass is 10.3. The SMILES string of the molecule is O=C(NCc1ncccc1F)c1coc(CCNCCc2nc3ccccc3n2CCc2ncco2)n1. The van der Waals surface area contributed by atoms with Gasteiger partial charge in [-0.2, -0.15) is 0 Å². The van der Waals surface area contributed by atoms with Crippen LogP contribution in [0.15, 0.2) is 70.2 Å². The Labute approximate surface area is 212 Å². The van der Waals surface area contributed by atoms with Crippen molar-refractivity contribution in [2.45, 2.75) is 32.4 Å². The van der Waals surface area contributed by atoms with Crippen LogP contribution in [0.3, 0.4) is 0 Å². The van der Waals surface area contributed by atoms with E-state index in [0.29, 0.717) is 37.7 Å². The summed E-state index contributed by atoms with van der Waals surface area (Å²) in [7, 11) is 0. The lowest BCUT2D eigenvalue weighted by molar-refractivity contribution is 0.0945. The molecule has 0 bridgehead atoms. The Balaban J connectivity index is 1.09. The van der Waals surface area contributed by atoms with E-state index in [-0.39, 0.29) is 17.9 Å². The Kier molecular flexibility index (Phi) is 7.60. The van der Waals surface area contributed by atoms with Gasteiger partial charge in [0.25, 0.3) is 5.91 Å². The number of oxazole rings is 2. The summed E-state index contributed by atoms with van der Waals surface area (Å²) in [5.41, 5.74) is 2.35. The zero-order valence-electron chi connectivity index (χ0n) is 20.1. The number of nitrogens with zero attached hydrogens (tertiary/aromatic N) is 5. The number of amides is 1. The van der Waals surface area contributed by atoms with E-state index in [1.807, 2.05) is 18.2 Å². The number of aromatic nitrogens is 5. The number of nitrogens with one attached hydrogen (secondary N) is 2. The molecule has 4 heterocycles. The second-order valence-corrected chi connectivity index (χ2v) is 8.34. The minimum Gasteiger partial charge on any atom is -0.449 e. The molecule has 37 heavy (non-hydrogen) atoms.